The van der Waals surface area contributed by atoms with E-state index >= 15 is 0 Å². The van der Waals surface area contributed by atoms with Crippen molar-refractivity contribution in [3.8, 4) is 30.2 Å². The minimum Gasteiger partial charge on any atom is -0.479 e. The molecule has 11 aliphatic rings. The third kappa shape index (κ3) is 18.1. The van der Waals surface area contributed by atoms with Crippen molar-refractivity contribution < 1.29 is 28.7 Å². The summed E-state index contributed by atoms with van der Waals surface area (Å²) in [7, 11) is 20.5. The fraction of sp³-hybridized carbons (Fsp3) is 0.534. The second-order valence-corrected chi connectivity index (χ2v) is 39.7. The molecule has 4 aliphatic heterocycles. The van der Waals surface area contributed by atoms with Gasteiger partial charge in [0.15, 0.2) is 23.0 Å². The van der Waals surface area contributed by atoms with Gasteiger partial charge in [0.05, 0.1) is 111 Å². The highest BCUT2D eigenvalue weighted by Crippen LogP contribution is 2.56. The lowest BCUT2D eigenvalue weighted by Gasteiger charge is -2.51. The number of ether oxygens (including phenoxy) is 2. The van der Waals surface area contributed by atoms with Gasteiger partial charge >= 0.3 is 24.1 Å². The topological polar surface area (TPSA) is 324 Å². The highest BCUT2D eigenvalue weighted by molar-refractivity contribution is 5.98. The quantitative estimate of drug-likeness (QED) is 0.0608. The molecule has 8 aromatic rings. The lowest BCUT2D eigenvalue weighted by Crippen LogP contribution is -2.56. The molecule has 7 aliphatic carbocycles. The number of hydrogen-bond acceptors (Lipinski definition) is 22. The summed E-state index contributed by atoms with van der Waals surface area (Å²) >= 11 is 0. The van der Waals surface area contributed by atoms with E-state index in [2.05, 4.69) is 252 Å². The summed E-state index contributed by atoms with van der Waals surface area (Å²) < 4.78 is 10.8. The zero-order valence-electron chi connectivity index (χ0n) is 79.0. The molecule has 0 unspecified atom stereocenters. The van der Waals surface area contributed by atoms with Gasteiger partial charge < -0.3 is 29.1 Å². The summed E-state index contributed by atoms with van der Waals surface area (Å²) in [5.74, 6) is 3.25. The first-order valence-electron chi connectivity index (χ1n) is 47.6. The number of aromatic nitrogens is 8. The van der Waals surface area contributed by atoms with Gasteiger partial charge in [-0.2, -0.15) is 26.0 Å². The van der Waals surface area contributed by atoms with E-state index in [0.29, 0.717) is 80.1 Å². The number of nitrogens with zero attached hydrogens (tertiary/aromatic N) is 24. The molecule has 11 fully saturated rings. The molecule has 8 amide bonds. The minimum atomic E-state index is -0.278. The van der Waals surface area contributed by atoms with Gasteiger partial charge in [0.25, 0.3) is 0 Å². The summed E-state index contributed by atoms with van der Waals surface area (Å²) in [6.07, 6.45) is 37.1. The van der Waals surface area contributed by atoms with Crippen molar-refractivity contribution in [2.24, 2.45) is 17.8 Å². The lowest BCUT2D eigenvalue weighted by atomic mass is 9.68. The van der Waals surface area contributed by atoms with Crippen molar-refractivity contribution in [2.45, 2.75) is 205 Å². The Balaban J connectivity index is 0.000000129. The van der Waals surface area contributed by atoms with Crippen LogP contribution in [0.1, 0.15) is 206 Å². The van der Waals surface area contributed by atoms with E-state index in [1.165, 1.54) is 106 Å². The second kappa shape index (κ2) is 39.6. The SMILES string of the molecule is CN(C)C1(c2ccccc2)CCC2(CC1)CN(c1cnc(C#N)cn1)C(=O)N2CC1CCC1.CN(C)C1(c2ccccc2)CCC2(CC1)CN(c1cnc(C#N)nc1)C(=O)N2CC1CCC1.COCCN1C(=O)N(c2cnc(C#N)cn2)CC12CCC(c1ccccc1)(N(C)C)CC2.COc1nc(C#N)ncc1N1CC2(CCC(c3ccccc3)(N(C)C)CC2)N(CC2CCC2)C1=O. The summed E-state index contributed by atoms with van der Waals surface area (Å²) in [6.45, 7) is 5.94. The maximum Gasteiger partial charge on any atom is 0.326 e. The van der Waals surface area contributed by atoms with E-state index in [4.69, 9.17) is 25.3 Å². The Morgan fingerprint density at radius 2 is 0.662 bits per heavy atom. The van der Waals surface area contributed by atoms with Gasteiger partial charge in [0.1, 0.15) is 30.0 Å². The van der Waals surface area contributed by atoms with Crippen LogP contribution in [0.2, 0.25) is 0 Å². The molecule has 30 heteroatoms. The molecule has 0 N–H and O–H groups in total. The van der Waals surface area contributed by atoms with Crippen LogP contribution in [-0.4, -0.2) is 255 Å². The predicted octanol–water partition coefficient (Wildman–Crippen LogP) is 15.5. The minimum absolute atomic E-state index is 0.000529. The molecule has 4 aromatic heterocycles. The van der Waals surface area contributed by atoms with Crippen LogP contribution in [0.15, 0.2) is 165 Å². The van der Waals surface area contributed by atoms with Gasteiger partial charge in [-0.25, -0.2) is 54.1 Å². The fourth-order valence-corrected chi connectivity index (χ4v) is 23.6. The van der Waals surface area contributed by atoms with Crippen LogP contribution in [0.4, 0.5) is 42.2 Å². The highest BCUT2D eigenvalue weighted by atomic mass is 16.5. The van der Waals surface area contributed by atoms with Crippen LogP contribution in [0.3, 0.4) is 0 Å². The van der Waals surface area contributed by atoms with Gasteiger partial charge in [-0.1, -0.05) is 141 Å². The number of methoxy groups -OCH3 is 2. The summed E-state index contributed by atoms with van der Waals surface area (Å²) in [4.78, 5) is 113. The van der Waals surface area contributed by atoms with Crippen LogP contribution in [-0.2, 0) is 26.9 Å². The number of hydrogen-bond donors (Lipinski definition) is 0. The number of nitriles is 4. The molecule has 0 radical (unpaired) electrons. The van der Waals surface area contributed by atoms with Gasteiger partial charge in [-0.05, 0) is 238 Å². The number of amides is 8. The predicted molar refractivity (Wildman–Crippen MR) is 507 cm³/mol. The zero-order chi connectivity index (χ0) is 93.5. The lowest BCUT2D eigenvalue weighted by molar-refractivity contribution is 0.0172. The van der Waals surface area contributed by atoms with Crippen LogP contribution in [0, 0.1) is 63.1 Å². The first kappa shape index (κ1) is 94.1. The number of carbonyl (C=O) groups excluding carboxylic acids is 4. The van der Waals surface area contributed by atoms with Crippen LogP contribution in [0.25, 0.3) is 0 Å². The fourth-order valence-electron chi connectivity index (χ4n) is 23.6. The molecule has 4 aromatic carbocycles. The molecule has 8 heterocycles. The Bertz CT molecular complexity index is 5360. The number of carbonyl (C=O) groups is 4. The van der Waals surface area contributed by atoms with Gasteiger partial charge in [-0.15, -0.1) is 0 Å². The Morgan fingerprint density at radius 3 is 0.955 bits per heavy atom. The van der Waals surface area contributed by atoms with E-state index in [1.807, 2.05) is 34.1 Å². The summed E-state index contributed by atoms with van der Waals surface area (Å²) in [5, 5.41) is 36.3. The molecule has 0 atom stereocenters. The van der Waals surface area contributed by atoms with Gasteiger partial charge in [-0.3, -0.25) is 39.2 Å². The normalized spacial score (nSPS) is 27.0. The van der Waals surface area contributed by atoms with Crippen LogP contribution in [0.5, 0.6) is 5.88 Å². The Labute approximate surface area is 783 Å². The average Bonchev–Trinajstić information content (AvgIpc) is 1.63. The van der Waals surface area contributed by atoms with Crippen molar-refractivity contribution in [1.29, 1.82) is 21.0 Å². The number of benzene rings is 4. The monoisotopic (exact) mass is 1800 g/mol. The van der Waals surface area contributed by atoms with Crippen molar-refractivity contribution in [3.63, 3.8) is 0 Å². The summed E-state index contributed by atoms with van der Waals surface area (Å²) in [5.41, 5.74) is 6.12. The largest absolute Gasteiger partial charge is 0.479 e. The van der Waals surface area contributed by atoms with E-state index in [9.17, 15) is 24.4 Å². The maximum absolute atomic E-state index is 13.9. The van der Waals surface area contributed by atoms with E-state index in [0.717, 1.165) is 122 Å². The smallest absolute Gasteiger partial charge is 0.326 e. The molecule has 4 saturated heterocycles. The molecule has 30 nitrogen and oxygen atoms in total. The molecule has 7 saturated carbocycles. The zero-order valence-corrected chi connectivity index (χ0v) is 79.0. The maximum atomic E-state index is 13.9. The average molecular weight is 1800 g/mol. The Kier molecular flexibility index (Phi) is 28.0. The second-order valence-electron chi connectivity index (χ2n) is 39.7. The molecular formula is C103H128N24O6. The molecular weight excluding hydrogens is 1670 g/mol. The molecule has 133 heavy (non-hydrogen) atoms. The summed E-state index contributed by atoms with van der Waals surface area (Å²) in [6, 6.07) is 50.9. The van der Waals surface area contributed by atoms with Crippen molar-refractivity contribution >= 4 is 47.1 Å². The van der Waals surface area contributed by atoms with E-state index < -0.39 is 0 Å². The van der Waals surface area contributed by atoms with Crippen LogP contribution >= 0.6 is 0 Å². The molecule has 4 spiro atoms. The number of urea groups is 4. The van der Waals surface area contributed by atoms with Crippen molar-refractivity contribution in [2.75, 3.05) is 149 Å². The third-order valence-corrected chi connectivity index (χ3v) is 32.6. The van der Waals surface area contributed by atoms with Gasteiger partial charge in [0, 0.05) is 55.4 Å². The number of anilines is 4. The highest BCUT2D eigenvalue weighted by Gasteiger charge is 2.61. The number of rotatable bonds is 22. The Hall–Kier alpha value is -12.2. The standard InChI is InChI=1S/C27H34N6O2.2C26H32N6O.C24H30N6O2/c1-31(2)27(21-10-5-4-6-11-21)14-12-26(13-15-27)19-32(25(34)33(26)18-20-8-7-9-20)22-17-29-23(16-28)30-24(22)35-3;1-30(2)26(21-9-4-3-5-10-21)13-11-25(12-14-26)19-31(22-16-28-23(15-27)29-17-22)24(33)32(25)18-20-7-6-8-20;1-30(2)26(21-9-4-3-5-10-21)13-11-25(12-14-26)19-31(23-17-28-22(15-27)16-29-23)24(33)32(25)18-20-7-6-8-20;1-28(2)24(19-7-5-4-6-8-19)11-9-23(10-12-24)18-29(22(31)30(23)13-14-32-3)21-17-26-20(15-25)16-27-21/h4-6,10-11,17,20H,7-9,12-15,18-19H2,1-3H3;2*3-5,9-10,16-17,20H,6-8,11-14,18-19H2,1-2H3;4-8,16-17H,9-14,18H2,1-3H3. The van der Waals surface area contributed by atoms with Crippen molar-refractivity contribution in [3.05, 3.63) is 210 Å². The first-order chi connectivity index (χ1) is 64.3. The van der Waals surface area contributed by atoms with Gasteiger partial charge in [0.2, 0.25) is 17.5 Å². The first-order valence-corrected chi connectivity index (χ1v) is 47.6. The van der Waals surface area contributed by atoms with E-state index in [-0.39, 0.29) is 97.4 Å². The molecule has 0 bridgehead atoms. The Morgan fingerprint density at radius 1 is 0.353 bits per heavy atom. The molecule has 696 valence electrons. The third-order valence-electron chi connectivity index (χ3n) is 32.6. The van der Waals surface area contributed by atoms with Crippen LogP contribution < -0.4 is 24.3 Å². The van der Waals surface area contributed by atoms with Crippen molar-refractivity contribution in [1.82, 2.24) is 79.1 Å². The van der Waals surface area contributed by atoms with E-state index in [1.54, 1.807) is 46.6 Å². The molecule has 19 rings (SSSR count).